The van der Waals surface area contributed by atoms with Gasteiger partial charge in [0.15, 0.2) is 23.3 Å². The van der Waals surface area contributed by atoms with Crippen molar-refractivity contribution < 1.29 is 0 Å². The predicted octanol–water partition coefficient (Wildman–Crippen LogP) is 18.0. The number of rotatable bonds is 7. The van der Waals surface area contributed by atoms with E-state index >= 15 is 0 Å². The third kappa shape index (κ3) is 9.74. The molecular formula is C68H43ClN10S2. The van der Waals surface area contributed by atoms with E-state index in [0.29, 0.717) is 29.2 Å². The molecule has 10 nitrogen and oxygen atoms in total. The number of nitrogens with zero attached hydrogens (tertiary/aromatic N) is 9. The van der Waals surface area contributed by atoms with E-state index in [2.05, 4.69) is 146 Å². The Morgan fingerprint density at radius 3 is 1.22 bits per heavy atom. The minimum Gasteiger partial charge on any atom is -0.353 e. The molecule has 0 fully saturated rings. The third-order valence-corrected chi connectivity index (χ3v) is 16.3. The van der Waals surface area contributed by atoms with Gasteiger partial charge >= 0.3 is 0 Å². The molecule has 0 unspecified atom stereocenters. The first-order valence-corrected chi connectivity index (χ1v) is 28.2. The Morgan fingerprint density at radius 1 is 0.321 bits per heavy atom. The maximum atomic E-state index is 5.99. The van der Waals surface area contributed by atoms with Crippen LogP contribution in [0.4, 0.5) is 0 Å². The first-order valence-electron chi connectivity index (χ1n) is 26.2. The molecule has 384 valence electrons. The van der Waals surface area contributed by atoms with Gasteiger partial charge in [-0.25, -0.2) is 19.9 Å². The smallest absolute Gasteiger partial charge is 0.238 e. The lowest BCUT2D eigenvalue weighted by Crippen LogP contribution is -2.06. The number of para-hydroxylation sites is 2. The third-order valence-electron chi connectivity index (χ3n) is 13.8. The summed E-state index contributed by atoms with van der Waals surface area (Å²) in [6, 6.07) is 85.8. The standard InChI is InChI=1S/C34H21N5S.C19H12N2S.C15H10ClN3/c1-4-12-22(13-5-1)31-36-32(23-14-6-2-7-15-23)38-34(37-31)39-28-19-11-10-18-25(28)26-20-21-27-30(29(26)39)40-33(35-27)24-16-8-3-9-17-24;1-2-6-12(7-3-1)19-21-16-11-10-14-13-8-4-5-9-15(13)20-17(14)18(16)22-19;16-15-18-13(11-7-3-1-4-8-11)17-14(19-15)12-9-5-2-6-10-12/h1-21H;1-11,20H;1-10H. The minimum absolute atomic E-state index is 0.202. The van der Waals surface area contributed by atoms with Crippen LogP contribution in [0.3, 0.4) is 0 Å². The quantitative estimate of drug-likeness (QED) is 0.167. The molecule has 0 radical (unpaired) electrons. The molecule has 0 bridgehead atoms. The van der Waals surface area contributed by atoms with Gasteiger partial charge in [0.05, 0.1) is 37.0 Å². The highest BCUT2D eigenvalue weighted by atomic mass is 35.5. The number of fused-ring (bicyclic) bond motifs is 10. The number of benzene rings is 10. The van der Waals surface area contributed by atoms with Crippen LogP contribution in [0.5, 0.6) is 0 Å². The van der Waals surface area contributed by atoms with Gasteiger partial charge in [-0.1, -0.05) is 218 Å². The Balaban J connectivity index is 0.000000121. The topological polar surface area (TPSA) is 124 Å². The molecule has 0 spiro atoms. The van der Waals surface area contributed by atoms with Crippen LogP contribution in [0.2, 0.25) is 5.28 Å². The molecule has 0 amide bonds. The Bertz CT molecular complexity index is 4760. The van der Waals surface area contributed by atoms with E-state index in [1.807, 2.05) is 133 Å². The summed E-state index contributed by atoms with van der Waals surface area (Å²) in [4.78, 5) is 41.2. The van der Waals surface area contributed by atoms with E-state index in [9.17, 15) is 0 Å². The number of H-pyrrole nitrogens is 1. The molecule has 1 N–H and O–H groups in total. The van der Waals surface area contributed by atoms with Crippen molar-refractivity contribution in [3.8, 4) is 72.6 Å². The monoisotopic (exact) mass is 1100 g/mol. The summed E-state index contributed by atoms with van der Waals surface area (Å²) in [6.45, 7) is 0. The van der Waals surface area contributed by atoms with Crippen LogP contribution in [0.1, 0.15) is 0 Å². The van der Waals surface area contributed by atoms with Gasteiger partial charge < -0.3 is 4.98 Å². The van der Waals surface area contributed by atoms with Crippen LogP contribution >= 0.6 is 34.3 Å². The zero-order valence-electron chi connectivity index (χ0n) is 43.0. The van der Waals surface area contributed by atoms with E-state index in [-0.39, 0.29) is 5.28 Å². The van der Waals surface area contributed by atoms with Crippen LogP contribution in [0.25, 0.3) is 137 Å². The number of aromatic amines is 1. The number of hydrogen-bond donors (Lipinski definition) is 1. The number of halogens is 1. The summed E-state index contributed by atoms with van der Waals surface area (Å²) in [5.41, 5.74) is 12.5. The molecule has 0 aliphatic rings. The fourth-order valence-electron chi connectivity index (χ4n) is 10.0. The van der Waals surface area contributed by atoms with Crippen molar-refractivity contribution in [2.24, 2.45) is 0 Å². The first-order chi connectivity index (χ1) is 40.1. The number of thiazole rings is 2. The molecular weight excluding hydrogens is 1060 g/mol. The lowest BCUT2D eigenvalue weighted by atomic mass is 10.1. The SMILES string of the molecule is Clc1nc(-c2ccccc2)nc(-c2ccccc2)n1.c1ccc(-c2nc(-c3ccccc3)nc(-n3c4ccccc4c4ccc5nc(-c6ccccc6)sc5c43)n2)cc1.c1ccc(-c2nc3ccc4c5ccccc5[nH]c4c3s2)cc1. The second kappa shape index (κ2) is 21.6. The highest BCUT2D eigenvalue weighted by Crippen LogP contribution is 2.41. The van der Waals surface area contributed by atoms with Crippen molar-refractivity contribution in [2.75, 3.05) is 0 Å². The number of aromatic nitrogens is 10. The van der Waals surface area contributed by atoms with Crippen molar-refractivity contribution in [1.29, 1.82) is 0 Å². The molecule has 16 aromatic rings. The lowest BCUT2D eigenvalue weighted by molar-refractivity contribution is 0.955. The molecule has 0 atom stereocenters. The maximum Gasteiger partial charge on any atom is 0.238 e. The van der Waals surface area contributed by atoms with E-state index < -0.39 is 0 Å². The zero-order valence-corrected chi connectivity index (χ0v) is 45.4. The van der Waals surface area contributed by atoms with E-state index in [4.69, 9.17) is 36.5 Å². The van der Waals surface area contributed by atoms with Gasteiger partial charge in [-0.2, -0.15) is 19.9 Å². The average molecular weight is 1100 g/mol. The molecule has 13 heteroatoms. The molecule has 0 aliphatic heterocycles. The first kappa shape index (κ1) is 49.2. The molecule has 0 aliphatic carbocycles. The van der Waals surface area contributed by atoms with Crippen LogP contribution in [0, 0.1) is 0 Å². The van der Waals surface area contributed by atoms with Gasteiger partial charge in [0.25, 0.3) is 0 Å². The van der Waals surface area contributed by atoms with E-state index in [1.54, 1.807) is 22.7 Å². The second-order valence-electron chi connectivity index (χ2n) is 18.9. The van der Waals surface area contributed by atoms with Crippen LogP contribution in [0.15, 0.2) is 255 Å². The van der Waals surface area contributed by atoms with Crippen molar-refractivity contribution in [3.05, 3.63) is 260 Å². The lowest BCUT2D eigenvalue weighted by Gasteiger charge is -2.11. The van der Waals surface area contributed by atoms with Gasteiger partial charge in [0.2, 0.25) is 11.2 Å². The van der Waals surface area contributed by atoms with Crippen molar-refractivity contribution in [3.63, 3.8) is 0 Å². The summed E-state index contributed by atoms with van der Waals surface area (Å²) >= 11 is 9.44. The second-order valence-corrected chi connectivity index (χ2v) is 21.3. The van der Waals surface area contributed by atoms with Crippen LogP contribution in [-0.4, -0.2) is 49.4 Å². The number of nitrogens with one attached hydrogen (secondary N) is 1. The molecule has 0 saturated carbocycles. The van der Waals surface area contributed by atoms with Gasteiger partial charge in [-0.15, -0.1) is 22.7 Å². The zero-order chi connectivity index (χ0) is 54.1. The van der Waals surface area contributed by atoms with Gasteiger partial charge in [-0.05, 0) is 48.0 Å². The summed E-state index contributed by atoms with van der Waals surface area (Å²) in [6.07, 6.45) is 0. The van der Waals surface area contributed by atoms with Crippen LogP contribution in [-0.2, 0) is 0 Å². The molecule has 16 rings (SSSR count). The summed E-state index contributed by atoms with van der Waals surface area (Å²) in [5.74, 6) is 3.02. The normalized spacial score (nSPS) is 11.3. The summed E-state index contributed by atoms with van der Waals surface area (Å²) < 4.78 is 4.52. The minimum atomic E-state index is 0.202. The van der Waals surface area contributed by atoms with Crippen molar-refractivity contribution in [2.45, 2.75) is 0 Å². The summed E-state index contributed by atoms with van der Waals surface area (Å²) in [7, 11) is 0. The van der Waals surface area contributed by atoms with Crippen LogP contribution < -0.4 is 0 Å². The molecule has 6 heterocycles. The Labute approximate surface area is 477 Å². The number of hydrogen-bond acceptors (Lipinski definition) is 10. The van der Waals surface area contributed by atoms with E-state index in [0.717, 1.165) is 75.4 Å². The van der Waals surface area contributed by atoms with Crippen molar-refractivity contribution in [1.82, 2.24) is 49.4 Å². The molecule has 6 aromatic heterocycles. The van der Waals surface area contributed by atoms with Gasteiger partial charge in [0, 0.05) is 60.4 Å². The Kier molecular flexibility index (Phi) is 13.1. The predicted molar refractivity (Wildman–Crippen MR) is 334 cm³/mol. The Morgan fingerprint density at radius 2 is 0.716 bits per heavy atom. The van der Waals surface area contributed by atoms with Gasteiger partial charge in [-0.3, -0.25) is 4.57 Å². The average Bonchev–Trinajstić information content (AvgIpc) is 4.39. The summed E-state index contributed by atoms with van der Waals surface area (Å²) in [5, 5.41) is 7.10. The molecule has 10 aromatic carbocycles. The van der Waals surface area contributed by atoms with Gasteiger partial charge in [0.1, 0.15) is 10.0 Å². The maximum absolute atomic E-state index is 5.99. The van der Waals surface area contributed by atoms with E-state index in [1.165, 1.54) is 32.1 Å². The van der Waals surface area contributed by atoms with Crippen molar-refractivity contribution >= 4 is 98.3 Å². The largest absolute Gasteiger partial charge is 0.353 e. The highest BCUT2D eigenvalue weighted by molar-refractivity contribution is 7.23. The Hall–Kier alpha value is -10.1. The fourth-order valence-corrected chi connectivity index (χ4v) is 12.4. The molecule has 81 heavy (non-hydrogen) atoms. The highest BCUT2D eigenvalue weighted by Gasteiger charge is 2.22. The fraction of sp³-hybridized carbons (Fsp3) is 0. The molecule has 0 saturated heterocycles.